The Bertz CT molecular complexity index is 1430. The van der Waals surface area contributed by atoms with Gasteiger partial charge in [0, 0.05) is 30.1 Å². The van der Waals surface area contributed by atoms with Crippen molar-refractivity contribution >= 4 is 32.8 Å². The Morgan fingerprint density at radius 1 is 1.20 bits per heavy atom. The number of imidazole rings is 1. The Balaban J connectivity index is 1.29. The van der Waals surface area contributed by atoms with Crippen LogP contribution < -0.4 is 14.4 Å². The van der Waals surface area contributed by atoms with Crippen LogP contribution in [0.3, 0.4) is 0 Å². The average molecular weight is 516 g/mol. The highest BCUT2D eigenvalue weighted by atomic mass is 32.1. The molecule has 1 fully saturated rings. The zero-order valence-corrected chi connectivity index (χ0v) is 20.7. The first kappa shape index (κ1) is 22.3. The van der Waals surface area contributed by atoms with Crippen molar-refractivity contribution in [2.45, 2.75) is 19.7 Å². The van der Waals surface area contributed by atoms with Gasteiger partial charge in [0.15, 0.2) is 16.3 Å². The van der Waals surface area contributed by atoms with Gasteiger partial charge in [0.25, 0.3) is 11.9 Å². The summed E-state index contributed by atoms with van der Waals surface area (Å²) in [7, 11) is 1.54. The van der Waals surface area contributed by atoms with E-state index in [2.05, 4.69) is 15.0 Å². The number of aromatic nitrogens is 4. The smallest absolute Gasteiger partial charge is 0.295 e. The lowest BCUT2D eigenvalue weighted by molar-refractivity contribution is 0.122. The van der Waals surface area contributed by atoms with Crippen molar-refractivity contribution in [3.63, 3.8) is 0 Å². The molecule has 1 saturated heterocycles. The van der Waals surface area contributed by atoms with Crippen molar-refractivity contribution in [1.29, 1.82) is 0 Å². The predicted octanol–water partition coefficient (Wildman–Crippen LogP) is 5.07. The van der Waals surface area contributed by atoms with Gasteiger partial charge in [0.2, 0.25) is 4.96 Å². The lowest BCUT2D eigenvalue weighted by atomic mass is 10.2. The third kappa shape index (κ3) is 4.21. The lowest BCUT2D eigenvalue weighted by Gasteiger charge is -2.26. The highest BCUT2D eigenvalue weighted by molar-refractivity contribution is 7.16. The number of halogens is 1. The van der Waals surface area contributed by atoms with E-state index in [1.165, 1.54) is 18.3 Å². The van der Waals surface area contributed by atoms with Crippen LogP contribution >= 0.6 is 22.7 Å². The van der Waals surface area contributed by atoms with Gasteiger partial charge in [0.1, 0.15) is 6.61 Å². The maximum absolute atomic E-state index is 13.8. The molecule has 0 bridgehead atoms. The van der Waals surface area contributed by atoms with Crippen LogP contribution in [0.1, 0.15) is 23.8 Å². The summed E-state index contributed by atoms with van der Waals surface area (Å²) in [6, 6.07) is 5.75. The molecule has 0 N–H and O–H groups in total. The molecule has 1 atom stereocenters. The second-order valence-corrected chi connectivity index (χ2v) is 9.90. The summed E-state index contributed by atoms with van der Waals surface area (Å²) in [6.45, 7) is 4.82. The van der Waals surface area contributed by atoms with Gasteiger partial charge in [-0.25, -0.2) is 18.9 Å². The van der Waals surface area contributed by atoms with Crippen molar-refractivity contribution in [3.05, 3.63) is 40.5 Å². The number of morpholine rings is 1. The lowest BCUT2D eigenvalue weighted by Crippen LogP contribution is -2.36. The number of anilines is 1. The van der Waals surface area contributed by atoms with Crippen molar-refractivity contribution in [3.8, 4) is 34.3 Å². The normalized spacial score (nSPS) is 15.2. The van der Waals surface area contributed by atoms with Crippen molar-refractivity contribution in [2.24, 2.45) is 0 Å². The molecule has 1 aliphatic carbocycles. The minimum absolute atomic E-state index is 0.258. The molecule has 9 nitrogen and oxygen atoms in total. The van der Waals surface area contributed by atoms with Gasteiger partial charge in [0.05, 0.1) is 43.5 Å². The van der Waals surface area contributed by atoms with Gasteiger partial charge in [-0.1, -0.05) is 11.3 Å². The van der Waals surface area contributed by atoms with E-state index in [0.29, 0.717) is 35.1 Å². The maximum Gasteiger partial charge on any atom is 0.295 e. The molecule has 3 aliphatic rings. The monoisotopic (exact) mass is 515 g/mol. The molecular formula is C23H22FN5O4S2. The third-order valence-corrected chi connectivity index (χ3v) is 7.75. The summed E-state index contributed by atoms with van der Waals surface area (Å²) in [5, 5.41) is 7.74. The molecule has 0 aromatic carbocycles. The highest BCUT2D eigenvalue weighted by Gasteiger charge is 2.22. The van der Waals surface area contributed by atoms with Gasteiger partial charge >= 0.3 is 0 Å². The fraction of sp³-hybridized carbons (Fsp3) is 0.348. The first-order valence-electron chi connectivity index (χ1n) is 11.1. The summed E-state index contributed by atoms with van der Waals surface area (Å²) in [4.78, 5) is 12.0. The van der Waals surface area contributed by atoms with E-state index in [-0.39, 0.29) is 6.61 Å². The maximum atomic E-state index is 13.8. The molecule has 1 unspecified atom stereocenters. The zero-order chi connectivity index (χ0) is 23.9. The molecule has 6 rings (SSSR count). The Kier molecular flexibility index (Phi) is 5.78. The van der Waals surface area contributed by atoms with E-state index in [1.54, 1.807) is 35.2 Å². The predicted molar refractivity (Wildman–Crippen MR) is 131 cm³/mol. The van der Waals surface area contributed by atoms with Crippen molar-refractivity contribution in [1.82, 2.24) is 19.6 Å². The van der Waals surface area contributed by atoms with Crippen LogP contribution in [0.5, 0.6) is 11.9 Å². The van der Waals surface area contributed by atoms with E-state index < -0.39 is 6.17 Å². The van der Waals surface area contributed by atoms with E-state index in [0.717, 1.165) is 46.3 Å². The Labute approximate surface area is 208 Å². The number of rotatable bonds is 7. The van der Waals surface area contributed by atoms with Crippen LogP contribution in [0.2, 0.25) is 0 Å². The van der Waals surface area contributed by atoms with Crippen LogP contribution in [0.25, 0.3) is 27.3 Å². The number of fused-ring (bicyclic) bond motifs is 2. The molecule has 2 aliphatic heterocycles. The summed E-state index contributed by atoms with van der Waals surface area (Å²) >= 11 is 2.83. The minimum atomic E-state index is -1.15. The molecule has 35 heavy (non-hydrogen) atoms. The van der Waals surface area contributed by atoms with E-state index in [9.17, 15) is 4.39 Å². The van der Waals surface area contributed by atoms with Crippen molar-refractivity contribution in [2.75, 3.05) is 38.3 Å². The van der Waals surface area contributed by atoms with Crippen LogP contribution in [0, 0.1) is 0 Å². The van der Waals surface area contributed by atoms with Gasteiger partial charge < -0.3 is 23.5 Å². The fourth-order valence-electron chi connectivity index (χ4n) is 3.95. The molecular weight excluding hydrogens is 493 g/mol. The molecule has 3 aromatic heterocycles. The number of hydrogen-bond acceptors (Lipinski definition) is 10. The molecule has 0 spiro atoms. The molecule has 3 aromatic rings. The van der Waals surface area contributed by atoms with E-state index in [4.69, 9.17) is 23.6 Å². The van der Waals surface area contributed by atoms with Gasteiger partial charge in [-0.3, -0.25) is 0 Å². The summed E-state index contributed by atoms with van der Waals surface area (Å²) in [5.41, 5.74) is 4.12. The average Bonchev–Trinajstić information content (AvgIpc) is 3.65. The number of ether oxygens (including phenoxy) is 3. The molecule has 0 saturated carbocycles. The SMILES string of the molecule is COc1cc2cc(-c3cnc4sc(C(C)F)nn34)cc-2c(OCc2csc(N3CCOCC3)n2)o1. The fourth-order valence-corrected chi connectivity index (χ4v) is 5.61. The standard InChI is InChI=1S/C23H22FN5O4S2/c1-13(24)20-27-29-18(10-25-22(29)35-20)15-7-14-9-19(30-2)33-21(17(14)8-15)32-11-16-12-34-23(26-16)28-3-5-31-6-4-28/h7-10,12-13H,3-6,11H2,1-2H3. The van der Waals surface area contributed by atoms with E-state index >= 15 is 0 Å². The van der Waals surface area contributed by atoms with Crippen molar-refractivity contribution < 1.29 is 23.0 Å². The van der Waals surface area contributed by atoms with Crippen LogP contribution in [-0.2, 0) is 11.3 Å². The van der Waals surface area contributed by atoms with Gasteiger partial charge in [-0.15, -0.1) is 11.3 Å². The van der Waals surface area contributed by atoms with Crippen LogP contribution in [0.15, 0.2) is 34.2 Å². The van der Waals surface area contributed by atoms with Gasteiger partial charge in [-0.05, 0) is 24.6 Å². The molecule has 0 amide bonds. The zero-order valence-electron chi connectivity index (χ0n) is 19.1. The summed E-state index contributed by atoms with van der Waals surface area (Å²) < 4.78 is 38.1. The second-order valence-electron chi connectivity index (χ2n) is 8.07. The summed E-state index contributed by atoms with van der Waals surface area (Å²) in [6.07, 6.45) is 0.586. The number of thiazole rings is 1. The Morgan fingerprint density at radius 2 is 2.06 bits per heavy atom. The first-order chi connectivity index (χ1) is 17.1. The molecule has 182 valence electrons. The van der Waals surface area contributed by atoms with Crippen LogP contribution in [0.4, 0.5) is 9.52 Å². The first-order valence-corrected chi connectivity index (χ1v) is 12.8. The molecule has 0 radical (unpaired) electrons. The Hall–Kier alpha value is -3.22. The highest BCUT2D eigenvalue weighted by Crippen LogP contribution is 2.42. The number of hydrogen-bond donors (Lipinski definition) is 0. The second kappa shape index (κ2) is 9.10. The quantitative estimate of drug-likeness (QED) is 0.297. The van der Waals surface area contributed by atoms with Crippen LogP contribution in [-0.4, -0.2) is 53.0 Å². The summed E-state index contributed by atoms with van der Waals surface area (Å²) in [5.74, 6) is 0.668. The minimum Gasteiger partial charge on any atom is -0.468 e. The number of alkyl halides is 1. The third-order valence-electron chi connectivity index (χ3n) is 5.72. The molecule has 12 heteroatoms. The number of nitrogens with zero attached hydrogens (tertiary/aromatic N) is 5. The molecule has 5 heterocycles. The van der Waals surface area contributed by atoms with Gasteiger partial charge in [-0.2, -0.15) is 5.10 Å². The largest absolute Gasteiger partial charge is 0.468 e. The number of methoxy groups -OCH3 is 1. The Morgan fingerprint density at radius 3 is 2.86 bits per heavy atom. The van der Waals surface area contributed by atoms with E-state index in [1.807, 2.05) is 17.5 Å². The topological polar surface area (TPSA) is 87.2 Å².